The van der Waals surface area contributed by atoms with E-state index < -0.39 is 5.97 Å². The number of carbonyl (C=O) groups is 1. The van der Waals surface area contributed by atoms with Crippen LogP contribution in [0.5, 0.6) is 5.75 Å². The molecule has 1 aromatic carbocycles. The summed E-state index contributed by atoms with van der Waals surface area (Å²) >= 11 is 0. The molecule has 0 amide bonds. The quantitative estimate of drug-likeness (QED) is 0.910. The Hall–Kier alpha value is -2.30. The monoisotopic (exact) mass is 274 g/mol. The fraction of sp³-hybridized carbons (Fsp3) is 0.333. The van der Waals surface area contributed by atoms with Gasteiger partial charge in [0.2, 0.25) is 0 Å². The number of nitrogens with zero attached hydrogens (tertiary/aromatic N) is 2. The SMILES string of the molecule is COc1cc(-c2cnn(C(C)C)c2)ccc1CC(=O)O. The van der Waals surface area contributed by atoms with Crippen molar-refractivity contribution in [2.45, 2.75) is 26.3 Å². The number of benzene rings is 1. The molecule has 1 aromatic heterocycles. The van der Waals surface area contributed by atoms with Crippen molar-refractivity contribution >= 4 is 5.97 Å². The lowest BCUT2D eigenvalue weighted by Gasteiger charge is -2.08. The van der Waals surface area contributed by atoms with Gasteiger partial charge in [-0.05, 0) is 25.5 Å². The van der Waals surface area contributed by atoms with Gasteiger partial charge < -0.3 is 9.84 Å². The van der Waals surface area contributed by atoms with E-state index in [4.69, 9.17) is 9.84 Å². The molecule has 2 rings (SSSR count). The minimum Gasteiger partial charge on any atom is -0.496 e. The summed E-state index contributed by atoms with van der Waals surface area (Å²) in [5.74, 6) is -0.286. The van der Waals surface area contributed by atoms with Gasteiger partial charge >= 0.3 is 5.97 Å². The molecule has 0 radical (unpaired) electrons. The van der Waals surface area contributed by atoms with Gasteiger partial charge in [0, 0.05) is 23.4 Å². The zero-order valence-electron chi connectivity index (χ0n) is 11.8. The molecular formula is C15H18N2O3. The maximum atomic E-state index is 10.8. The van der Waals surface area contributed by atoms with E-state index in [0.717, 1.165) is 11.1 Å². The van der Waals surface area contributed by atoms with Crippen molar-refractivity contribution in [1.29, 1.82) is 0 Å². The van der Waals surface area contributed by atoms with Crippen LogP contribution in [-0.4, -0.2) is 28.0 Å². The standard InChI is InChI=1S/C15H18N2O3/c1-10(2)17-9-13(8-16-17)11-4-5-12(7-15(18)19)14(6-11)20-3/h4-6,8-10H,7H2,1-3H3,(H,18,19). The first-order chi connectivity index (χ1) is 9.51. The first kappa shape index (κ1) is 14.1. The molecule has 1 N–H and O–H groups in total. The lowest BCUT2D eigenvalue weighted by Crippen LogP contribution is -2.02. The average molecular weight is 274 g/mol. The highest BCUT2D eigenvalue weighted by Gasteiger charge is 2.10. The molecule has 0 aliphatic carbocycles. The Kier molecular flexibility index (Phi) is 4.08. The van der Waals surface area contributed by atoms with Gasteiger partial charge in [0.1, 0.15) is 5.75 Å². The summed E-state index contributed by atoms with van der Waals surface area (Å²) in [6.07, 6.45) is 3.72. The number of methoxy groups -OCH3 is 1. The molecule has 2 aromatic rings. The van der Waals surface area contributed by atoms with Crippen LogP contribution in [0, 0.1) is 0 Å². The summed E-state index contributed by atoms with van der Waals surface area (Å²) in [6.45, 7) is 4.13. The summed E-state index contributed by atoms with van der Waals surface area (Å²) in [6, 6.07) is 5.83. The number of aliphatic carboxylic acids is 1. The maximum Gasteiger partial charge on any atom is 0.307 e. The van der Waals surface area contributed by atoms with Crippen LogP contribution in [0.3, 0.4) is 0 Å². The minimum absolute atomic E-state index is 0.0469. The van der Waals surface area contributed by atoms with Gasteiger partial charge in [-0.25, -0.2) is 0 Å². The lowest BCUT2D eigenvalue weighted by molar-refractivity contribution is -0.136. The first-order valence-electron chi connectivity index (χ1n) is 6.44. The van der Waals surface area contributed by atoms with E-state index in [9.17, 15) is 4.79 Å². The van der Waals surface area contributed by atoms with Crippen LogP contribution in [-0.2, 0) is 11.2 Å². The topological polar surface area (TPSA) is 64.4 Å². The Labute approximate surface area is 117 Å². The van der Waals surface area contributed by atoms with Crippen LogP contribution in [0.4, 0.5) is 0 Å². The third-order valence-electron chi connectivity index (χ3n) is 3.09. The van der Waals surface area contributed by atoms with Gasteiger partial charge in [-0.2, -0.15) is 5.10 Å². The van der Waals surface area contributed by atoms with E-state index in [0.29, 0.717) is 17.4 Å². The maximum absolute atomic E-state index is 10.8. The van der Waals surface area contributed by atoms with Crippen molar-refractivity contribution in [2.24, 2.45) is 0 Å². The number of ether oxygens (including phenoxy) is 1. The molecule has 0 unspecified atom stereocenters. The molecule has 106 valence electrons. The van der Waals surface area contributed by atoms with Gasteiger partial charge in [0.25, 0.3) is 0 Å². The van der Waals surface area contributed by atoms with Crippen LogP contribution >= 0.6 is 0 Å². The van der Waals surface area contributed by atoms with E-state index in [2.05, 4.69) is 18.9 Å². The summed E-state index contributed by atoms with van der Waals surface area (Å²) < 4.78 is 7.15. The Morgan fingerprint density at radius 2 is 2.15 bits per heavy atom. The number of carboxylic acids is 1. The van der Waals surface area contributed by atoms with Crippen molar-refractivity contribution < 1.29 is 14.6 Å². The molecule has 0 bridgehead atoms. The van der Waals surface area contributed by atoms with Crippen molar-refractivity contribution in [3.63, 3.8) is 0 Å². The fourth-order valence-electron chi connectivity index (χ4n) is 2.00. The van der Waals surface area contributed by atoms with Crippen molar-refractivity contribution in [1.82, 2.24) is 9.78 Å². The number of carboxylic acid groups (broad SMARTS) is 1. The van der Waals surface area contributed by atoms with Crippen LogP contribution in [0.2, 0.25) is 0 Å². The molecule has 0 fully saturated rings. The highest BCUT2D eigenvalue weighted by molar-refractivity contribution is 5.73. The lowest BCUT2D eigenvalue weighted by atomic mass is 10.0. The second kappa shape index (κ2) is 5.77. The van der Waals surface area contributed by atoms with Crippen molar-refractivity contribution in [3.05, 3.63) is 36.2 Å². The number of hydrogen-bond donors (Lipinski definition) is 1. The Balaban J connectivity index is 2.35. The average Bonchev–Trinajstić information content (AvgIpc) is 2.88. The Bertz CT molecular complexity index is 617. The summed E-state index contributed by atoms with van der Waals surface area (Å²) in [5, 5.41) is 13.2. The number of hydrogen-bond acceptors (Lipinski definition) is 3. The Morgan fingerprint density at radius 3 is 2.70 bits per heavy atom. The summed E-state index contributed by atoms with van der Waals surface area (Å²) in [7, 11) is 1.54. The molecule has 0 aliphatic heterocycles. The number of aromatic nitrogens is 2. The molecule has 0 aliphatic rings. The number of rotatable bonds is 5. The van der Waals surface area contributed by atoms with Gasteiger partial charge in [0.05, 0.1) is 19.7 Å². The van der Waals surface area contributed by atoms with E-state index in [1.54, 1.807) is 19.4 Å². The highest BCUT2D eigenvalue weighted by atomic mass is 16.5. The highest BCUT2D eigenvalue weighted by Crippen LogP contribution is 2.27. The predicted octanol–water partition coefficient (Wildman–Crippen LogP) is 2.77. The summed E-state index contributed by atoms with van der Waals surface area (Å²) in [5.41, 5.74) is 2.61. The van der Waals surface area contributed by atoms with Gasteiger partial charge in [0.15, 0.2) is 0 Å². The zero-order valence-corrected chi connectivity index (χ0v) is 11.8. The van der Waals surface area contributed by atoms with Gasteiger partial charge in [-0.1, -0.05) is 12.1 Å². The first-order valence-corrected chi connectivity index (χ1v) is 6.44. The molecule has 1 heterocycles. The molecule has 0 saturated heterocycles. The molecular weight excluding hydrogens is 256 g/mol. The van der Waals surface area contributed by atoms with Gasteiger partial charge in [-0.3, -0.25) is 9.48 Å². The van der Waals surface area contributed by atoms with Crippen LogP contribution in [0.15, 0.2) is 30.6 Å². The van der Waals surface area contributed by atoms with E-state index in [-0.39, 0.29) is 6.42 Å². The second-order valence-corrected chi connectivity index (χ2v) is 4.90. The molecule has 0 spiro atoms. The van der Waals surface area contributed by atoms with E-state index in [1.807, 2.05) is 23.0 Å². The van der Waals surface area contributed by atoms with Crippen LogP contribution in [0.25, 0.3) is 11.1 Å². The van der Waals surface area contributed by atoms with Crippen molar-refractivity contribution in [2.75, 3.05) is 7.11 Å². The largest absolute Gasteiger partial charge is 0.496 e. The third-order valence-corrected chi connectivity index (χ3v) is 3.09. The predicted molar refractivity (Wildman–Crippen MR) is 75.9 cm³/mol. The zero-order chi connectivity index (χ0) is 14.7. The van der Waals surface area contributed by atoms with E-state index >= 15 is 0 Å². The fourth-order valence-corrected chi connectivity index (χ4v) is 2.00. The Morgan fingerprint density at radius 1 is 1.40 bits per heavy atom. The summed E-state index contributed by atoms with van der Waals surface area (Å²) in [4.78, 5) is 10.8. The molecule has 5 heteroatoms. The second-order valence-electron chi connectivity index (χ2n) is 4.90. The smallest absolute Gasteiger partial charge is 0.307 e. The minimum atomic E-state index is -0.872. The normalized spacial score (nSPS) is 10.8. The molecule has 5 nitrogen and oxygen atoms in total. The van der Waals surface area contributed by atoms with Crippen LogP contribution in [0.1, 0.15) is 25.5 Å². The van der Waals surface area contributed by atoms with E-state index in [1.165, 1.54) is 0 Å². The van der Waals surface area contributed by atoms with Gasteiger partial charge in [-0.15, -0.1) is 0 Å². The molecule has 0 atom stereocenters. The van der Waals surface area contributed by atoms with Crippen LogP contribution < -0.4 is 4.74 Å². The molecule has 0 saturated carbocycles. The third kappa shape index (κ3) is 2.99. The van der Waals surface area contributed by atoms with Crippen molar-refractivity contribution in [3.8, 4) is 16.9 Å². The molecule has 20 heavy (non-hydrogen) atoms.